The lowest BCUT2D eigenvalue weighted by Crippen LogP contribution is -2.43. The van der Waals surface area contributed by atoms with Gasteiger partial charge < -0.3 is 19.9 Å². The molecule has 4 N–H and O–H groups in total. The molecule has 0 spiro atoms. The van der Waals surface area contributed by atoms with Gasteiger partial charge >= 0.3 is 0 Å². The number of aromatic nitrogens is 1. The van der Waals surface area contributed by atoms with Crippen molar-refractivity contribution in [3.8, 4) is 17.3 Å². The van der Waals surface area contributed by atoms with E-state index in [4.69, 9.17) is 10.3 Å². The van der Waals surface area contributed by atoms with E-state index in [2.05, 4.69) is 51.5 Å². The average molecular weight is 468 g/mol. The van der Waals surface area contributed by atoms with Crippen LogP contribution < -0.4 is 21.4 Å². The topological polar surface area (TPSA) is 96.5 Å². The molecule has 0 amide bonds. The molecule has 34 heavy (non-hydrogen) atoms. The van der Waals surface area contributed by atoms with E-state index in [0.717, 1.165) is 61.0 Å². The Morgan fingerprint density at radius 1 is 1.12 bits per heavy atom. The molecule has 0 radical (unpaired) electrons. The summed E-state index contributed by atoms with van der Waals surface area (Å²) in [6.45, 7) is 10.3. The molecule has 0 unspecified atom stereocenters. The molecule has 1 aromatic heterocycles. The summed E-state index contributed by atoms with van der Waals surface area (Å²) in [5.41, 5.74) is 6.65. The molecule has 0 saturated carbocycles. The molecular weight excluding hydrogens is 426 g/mol. The van der Waals surface area contributed by atoms with Crippen molar-refractivity contribution in [1.29, 1.82) is 5.26 Å². The van der Waals surface area contributed by atoms with E-state index in [1.54, 1.807) is 13.8 Å². The molecular formula is C27H41N5O2. The van der Waals surface area contributed by atoms with Crippen molar-refractivity contribution in [2.75, 3.05) is 31.7 Å². The van der Waals surface area contributed by atoms with Crippen molar-refractivity contribution >= 4 is 17.8 Å². The number of hydrogen-bond donors (Lipinski definition) is 4. The van der Waals surface area contributed by atoms with Gasteiger partial charge in [0.05, 0.1) is 22.3 Å². The van der Waals surface area contributed by atoms with Crippen LogP contribution in [0.25, 0.3) is 23.4 Å². The zero-order valence-electron chi connectivity index (χ0n) is 19.1. The minimum atomic E-state index is -0.167. The SMILES string of the molecule is C.C.CC(C)O.CCn1c(-c2ccc(NO)cc2)c(C#N)c2c1=CC(N1CCNCC1)=CCC=2. The summed E-state index contributed by atoms with van der Waals surface area (Å²) < 4.78 is 2.23. The average Bonchev–Trinajstić information content (AvgIpc) is 2.94. The molecule has 0 bridgehead atoms. The minimum Gasteiger partial charge on any atom is -0.394 e. The second-order valence-corrected chi connectivity index (χ2v) is 8.11. The lowest BCUT2D eigenvalue weighted by atomic mass is 10.1. The van der Waals surface area contributed by atoms with Crippen LogP contribution >= 0.6 is 0 Å². The van der Waals surface area contributed by atoms with Crippen LogP contribution in [-0.4, -0.2) is 52.1 Å². The zero-order valence-corrected chi connectivity index (χ0v) is 19.1. The Balaban J connectivity index is 0.000000895. The highest BCUT2D eigenvalue weighted by Gasteiger charge is 2.19. The van der Waals surface area contributed by atoms with Crippen molar-refractivity contribution in [2.45, 2.75) is 54.7 Å². The molecule has 4 rings (SSSR count). The number of nitrogens with one attached hydrogen (secondary N) is 2. The van der Waals surface area contributed by atoms with Gasteiger partial charge in [-0.15, -0.1) is 0 Å². The Hall–Kier alpha value is -3.05. The van der Waals surface area contributed by atoms with E-state index >= 15 is 0 Å². The fourth-order valence-corrected chi connectivity index (χ4v) is 4.10. The number of hydrogen-bond acceptors (Lipinski definition) is 6. The highest BCUT2D eigenvalue weighted by Crippen LogP contribution is 2.24. The molecule has 2 aliphatic rings. The summed E-state index contributed by atoms with van der Waals surface area (Å²) in [5, 5.41) is 32.6. The van der Waals surface area contributed by atoms with E-state index in [1.165, 1.54) is 5.70 Å². The molecule has 0 atom stereocenters. The normalized spacial score (nSPS) is 14.4. The monoisotopic (exact) mass is 467 g/mol. The number of nitriles is 1. The van der Waals surface area contributed by atoms with Crippen molar-refractivity contribution in [2.24, 2.45) is 0 Å². The summed E-state index contributed by atoms with van der Waals surface area (Å²) in [4.78, 5) is 2.42. The highest BCUT2D eigenvalue weighted by molar-refractivity contribution is 5.72. The Bertz CT molecular complexity index is 1100. The first-order valence-corrected chi connectivity index (χ1v) is 11.2. The van der Waals surface area contributed by atoms with Crippen molar-refractivity contribution in [3.05, 3.63) is 52.2 Å². The van der Waals surface area contributed by atoms with Gasteiger partial charge in [0.1, 0.15) is 6.07 Å². The maximum atomic E-state index is 9.97. The summed E-state index contributed by atoms with van der Waals surface area (Å²) in [6.07, 6.45) is 7.31. The predicted molar refractivity (Wildman–Crippen MR) is 142 cm³/mol. The van der Waals surface area contributed by atoms with Crippen LogP contribution in [0.3, 0.4) is 0 Å². The number of nitrogens with zero attached hydrogens (tertiary/aromatic N) is 3. The number of fused-ring (bicyclic) bond motifs is 1. The van der Waals surface area contributed by atoms with Gasteiger partial charge in [0.15, 0.2) is 0 Å². The molecule has 1 aromatic carbocycles. The van der Waals surface area contributed by atoms with Crippen LogP contribution in [0.4, 0.5) is 5.69 Å². The zero-order chi connectivity index (χ0) is 23.1. The molecule has 186 valence electrons. The van der Waals surface area contributed by atoms with Gasteiger partial charge in [-0.3, -0.25) is 10.7 Å². The van der Waals surface area contributed by atoms with E-state index in [9.17, 15) is 5.26 Å². The Kier molecular flexibility index (Phi) is 11.6. The standard InChI is InChI=1S/C22H25N5O.C3H8O.2CH4/c1-2-27-21-14-18(26-12-10-24-11-13-26)4-3-5-19(21)20(15-23)22(27)16-6-8-17(25-28)9-7-16;1-3(2)4;;/h4-9,14,24-25,28H,2-3,10-13H2,1H3;3-4H,1-2H3;2*1H4. The van der Waals surface area contributed by atoms with Gasteiger partial charge in [-0.1, -0.05) is 39.1 Å². The predicted octanol–water partition coefficient (Wildman–Crippen LogP) is 3.26. The number of piperazine rings is 1. The van der Waals surface area contributed by atoms with Crippen LogP contribution in [0.15, 0.2) is 36.0 Å². The van der Waals surface area contributed by atoms with Gasteiger partial charge in [-0.2, -0.15) is 5.26 Å². The summed E-state index contributed by atoms with van der Waals surface area (Å²) >= 11 is 0. The third-order valence-corrected chi connectivity index (χ3v) is 5.47. The highest BCUT2D eigenvalue weighted by atomic mass is 16.5. The first kappa shape index (κ1) is 29.0. The maximum absolute atomic E-state index is 9.97. The van der Waals surface area contributed by atoms with Crippen LogP contribution in [0, 0.1) is 11.3 Å². The van der Waals surface area contributed by atoms with Gasteiger partial charge in [-0.25, -0.2) is 0 Å². The summed E-state index contributed by atoms with van der Waals surface area (Å²) in [7, 11) is 0. The fourth-order valence-electron chi connectivity index (χ4n) is 4.10. The maximum Gasteiger partial charge on any atom is 0.102 e. The molecule has 1 fully saturated rings. The number of rotatable bonds is 4. The molecule has 1 aliphatic carbocycles. The molecule has 7 heteroatoms. The third kappa shape index (κ3) is 6.51. The first-order valence-electron chi connectivity index (χ1n) is 11.2. The van der Waals surface area contributed by atoms with E-state index < -0.39 is 0 Å². The van der Waals surface area contributed by atoms with E-state index in [0.29, 0.717) is 11.3 Å². The minimum absolute atomic E-state index is 0. The summed E-state index contributed by atoms with van der Waals surface area (Å²) in [5.74, 6) is 0. The second-order valence-electron chi connectivity index (χ2n) is 8.11. The molecule has 7 nitrogen and oxygen atoms in total. The third-order valence-electron chi connectivity index (χ3n) is 5.47. The Morgan fingerprint density at radius 3 is 2.26 bits per heavy atom. The first-order chi connectivity index (χ1) is 15.5. The lowest BCUT2D eigenvalue weighted by molar-refractivity contribution is 0.216. The molecule has 1 saturated heterocycles. The summed E-state index contributed by atoms with van der Waals surface area (Å²) in [6, 6.07) is 9.95. The molecule has 1 aliphatic heterocycles. The van der Waals surface area contributed by atoms with E-state index in [1.807, 2.05) is 24.3 Å². The van der Waals surface area contributed by atoms with Gasteiger partial charge in [0.2, 0.25) is 0 Å². The number of anilines is 1. The van der Waals surface area contributed by atoms with Crippen LogP contribution in [-0.2, 0) is 6.54 Å². The lowest BCUT2D eigenvalue weighted by Gasteiger charge is -2.30. The van der Waals surface area contributed by atoms with Gasteiger partial charge in [0.25, 0.3) is 0 Å². The van der Waals surface area contributed by atoms with Gasteiger partial charge in [0, 0.05) is 49.7 Å². The van der Waals surface area contributed by atoms with Crippen molar-refractivity contribution < 1.29 is 10.3 Å². The fraction of sp³-hybridized carbons (Fsp3) is 0.444. The van der Waals surface area contributed by atoms with Crippen LogP contribution in [0.2, 0.25) is 0 Å². The van der Waals surface area contributed by atoms with Crippen molar-refractivity contribution in [3.63, 3.8) is 0 Å². The number of aliphatic hydroxyl groups excluding tert-OH is 1. The van der Waals surface area contributed by atoms with Crippen molar-refractivity contribution in [1.82, 2.24) is 14.8 Å². The quantitative estimate of drug-likeness (QED) is 0.516. The van der Waals surface area contributed by atoms with E-state index in [-0.39, 0.29) is 21.0 Å². The second kappa shape index (κ2) is 13.6. The smallest absolute Gasteiger partial charge is 0.102 e. The number of aliphatic hydroxyl groups is 1. The molecule has 2 heterocycles. The number of allylic oxidation sites excluding steroid dienone is 2. The Labute approximate surface area is 204 Å². The van der Waals surface area contributed by atoms with Gasteiger partial charge in [-0.05, 0) is 51.0 Å². The van der Waals surface area contributed by atoms with Crippen LogP contribution in [0.5, 0.6) is 0 Å². The Morgan fingerprint density at radius 2 is 1.74 bits per heavy atom. The number of benzene rings is 1. The van der Waals surface area contributed by atoms with Crippen LogP contribution in [0.1, 0.15) is 47.6 Å². The largest absolute Gasteiger partial charge is 0.394 e. The molecule has 2 aromatic rings.